The topological polar surface area (TPSA) is 111 Å². The van der Waals surface area contributed by atoms with Gasteiger partial charge in [-0.2, -0.15) is 0 Å². The van der Waals surface area contributed by atoms with Crippen molar-refractivity contribution in [2.75, 3.05) is 136 Å². The molecule has 0 N–H and O–H groups in total. The van der Waals surface area contributed by atoms with Crippen LogP contribution in [0.4, 0.5) is 0 Å². The molecule has 2 saturated heterocycles. The summed E-state index contributed by atoms with van der Waals surface area (Å²) in [7, 11) is 13.5. The number of likely N-dealkylation sites (tertiary alicyclic amines) is 2. The minimum Gasteiger partial charge on any atom is -1.00 e. The zero-order valence-corrected chi connectivity index (χ0v) is 47.8. The molecule has 0 aromatic heterocycles. The zero-order chi connectivity index (χ0) is 51.5. The number of piperidine rings is 2. The quantitative estimate of drug-likeness (QED) is 0.188. The fourth-order valence-corrected chi connectivity index (χ4v) is 11.7. The minimum atomic E-state index is -0.424. The Morgan fingerprint density at radius 1 is 0.338 bits per heavy atom. The predicted octanol–water partition coefficient (Wildman–Crippen LogP) is 4.43. The molecule has 9 heterocycles. The van der Waals surface area contributed by atoms with Gasteiger partial charge in [0.1, 0.15) is 0 Å². The molecule has 0 amide bonds. The van der Waals surface area contributed by atoms with Gasteiger partial charge in [-0.15, -0.1) is 0 Å². The van der Waals surface area contributed by atoms with Crippen molar-refractivity contribution in [3.63, 3.8) is 0 Å². The second-order valence-corrected chi connectivity index (χ2v) is 19.7. The van der Waals surface area contributed by atoms with E-state index in [4.69, 9.17) is 56.8 Å². The van der Waals surface area contributed by atoms with Gasteiger partial charge in [0, 0.05) is 36.5 Å². The summed E-state index contributed by atoms with van der Waals surface area (Å²) in [6.45, 7) is 19.2. The van der Waals surface area contributed by atoms with Crippen molar-refractivity contribution in [3.05, 3.63) is 70.8 Å². The number of hydrogen-bond acceptors (Lipinski definition) is 12. The van der Waals surface area contributed by atoms with Crippen LogP contribution in [0.3, 0.4) is 0 Å². The molecule has 8 bridgehead atoms. The first-order valence-corrected chi connectivity index (χ1v) is 26.3. The highest BCUT2D eigenvalue weighted by Crippen LogP contribution is 2.54. The Bertz CT molecular complexity index is 2020. The molecule has 0 aliphatic carbocycles. The summed E-state index contributed by atoms with van der Waals surface area (Å²) in [6, 6.07) is 17.0. The molecule has 9 aliphatic heterocycles. The van der Waals surface area contributed by atoms with Gasteiger partial charge < -0.3 is 90.6 Å². The van der Waals surface area contributed by atoms with E-state index in [0.29, 0.717) is 121 Å². The molecule has 74 heavy (non-hydrogen) atoms. The summed E-state index contributed by atoms with van der Waals surface area (Å²) < 4.78 is 77.3. The van der Waals surface area contributed by atoms with Crippen molar-refractivity contribution in [2.24, 2.45) is 0 Å². The first-order chi connectivity index (χ1) is 35.0. The number of nitrogens with zero attached hydrogens (tertiary/aromatic N) is 2. The van der Waals surface area contributed by atoms with Crippen molar-refractivity contribution in [1.82, 2.24) is 0 Å². The Morgan fingerprint density at radius 3 is 0.662 bits per heavy atom. The fourth-order valence-electron chi connectivity index (χ4n) is 11.7. The molecule has 0 atom stereocenters. The van der Waals surface area contributed by atoms with Crippen LogP contribution in [-0.2, 0) is 10.8 Å². The fraction of sp³-hybridized carbons (Fsp3) is 0.586. The van der Waals surface area contributed by atoms with E-state index in [1.807, 2.05) is 0 Å². The Labute approximate surface area is 454 Å². The molecular weight excluding hydrogens is 988 g/mol. The molecule has 9 aliphatic rings. The van der Waals surface area contributed by atoms with E-state index in [9.17, 15) is 0 Å². The van der Waals surface area contributed by atoms with Crippen LogP contribution in [0.1, 0.15) is 101 Å². The van der Waals surface area contributed by atoms with E-state index in [1.165, 1.54) is 0 Å². The van der Waals surface area contributed by atoms with E-state index in [-0.39, 0.29) is 24.8 Å². The standard InChI is InChI=1S/C58H84N2O12.2ClH/c1-13-59(14-2)25-21-57(22-26-59)41-33-45(61-5)53(46(34-41)62-6)69-29-17-19-31-71-55-49(65-9)37-43(38-50(55)66-10)58(23-27-60(15-3,16-4)28-24-58)44-39-51(67-11)56(52(40-44)68-12)72-32-20-18-30-70-54-47(63-7)35-42(57)36-48(54)64-8;;/h33-40H,13-32H2,1-12H3;2*1H/q+2;;/p-2. The largest absolute Gasteiger partial charge is 1.00 e. The third-order valence-electron chi connectivity index (χ3n) is 16.9. The molecule has 2 fully saturated rings. The Morgan fingerprint density at radius 2 is 0.514 bits per heavy atom. The van der Waals surface area contributed by atoms with Gasteiger partial charge in [-0.1, -0.05) is 0 Å². The number of ether oxygens (including phenoxy) is 12. The van der Waals surface area contributed by atoms with Crippen LogP contribution >= 0.6 is 0 Å². The number of hydrogen-bond donors (Lipinski definition) is 0. The molecular formula is C58H84Cl2N2O12. The number of quaternary nitrogens is 2. The van der Waals surface area contributed by atoms with Crippen molar-refractivity contribution in [3.8, 4) is 69.0 Å². The van der Waals surface area contributed by atoms with Gasteiger partial charge in [0.05, 0.1) is 136 Å². The molecule has 13 rings (SSSR count). The second kappa shape index (κ2) is 26.6. The molecule has 412 valence electrons. The van der Waals surface area contributed by atoms with E-state index in [0.717, 1.165) is 109 Å². The molecule has 2 spiro atoms. The Kier molecular flexibility index (Phi) is 21.6. The summed E-state index contributed by atoms with van der Waals surface area (Å²) in [5.41, 5.74) is 3.48. The summed E-state index contributed by atoms with van der Waals surface area (Å²) in [5.74, 6) is 7.22. The predicted molar refractivity (Wildman–Crippen MR) is 281 cm³/mol. The van der Waals surface area contributed by atoms with Gasteiger partial charge in [-0.05, 0) is 124 Å². The van der Waals surface area contributed by atoms with Crippen molar-refractivity contribution in [1.29, 1.82) is 0 Å². The molecule has 4 aromatic rings. The smallest absolute Gasteiger partial charge is 0.203 e. The number of rotatable bonds is 12. The van der Waals surface area contributed by atoms with Crippen LogP contribution in [0, 0.1) is 0 Å². The summed E-state index contributed by atoms with van der Waals surface area (Å²) >= 11 is 0. The van der Waals surface area contributed by atoms with Gasteiger partial charge in [0.2, 0.25) is 23.0 Å². The van der Waals surface area contributed by atoms with E-state index in [1.54, 1.807) is 56.9 Å². The van der Waals surface area contributed by atoms with Crippen LogP contribution in [0.25, 0.3) is 0 Å². The van der Waals surface area contributed by atoms with Crippen LogP contribution in [0.5, 0.6) is 69.0 Å². The van der Waals surface area contributed by atoms with Crippen LogP contribution in [0.15, 0.2) is 48.5 Å². The lowest BCUT2D eigenvalue weighted by atomic mass is 9.67. The molecule has 14 nitrogen and oxygen atoms in total. The molecule has 16 heteroatoms. The highest BCUT2D eigenvalue weighted by molar-refractivity contribution is 5.63. The number of methoxy groups -OCH3 is 8. The lowest BCUT2D eigenvalue weighted by Crippen LogP contribution is -3.00. The highest BCUT2D eigenvalue weighted by Gasteiger charge is 2.47. The number of benzene rings is 4. The first kappa shape index (κ1) is 59.9. The average Bonchev–Trinajstić information content (AvgIpc) is 3.43. The minimum absolute atomic E-state index is 0. The number of halogens is 2. The third-order valence-corrected chi connectivity index (χ3v) is 16.9. The van der Waals surface area contributed by atoms with E-state index >= 15 is 0 Å². The Balaban J connectivity index is 0.00000507. The van der Waals surface area contributed by atoms with E-state index in [2.05, 4.69) is 76.2 Å². The molecule has 0 unspecified atom stereocenters. The monoisotopic (exact) mass is 1070 g/mol. The molecule has 4 aromatic carbocycles. The van der Waals surface area contributed by atoms with Crippen LogP contribution in [0.2, 0.25) is 0 Å². The lowest BCUT2D eigenvalue weighted by molar-refractivity contribution is -0.930. The van der Waals surface area contributed by atoms with Crippen molar-refractivity contribution < 1.29 is 90.6 Å². The summed E-state index contributed by atoms with van der Waals surface area (Å²) in [5, 5.41) is 0. The third kappa shape index (κ3) is 11.8. The normalized spacial score (nSPS) is 18.0. The van der Waals surface area contributed by atoms with Gasteiger partial charge >= 0.3 is 0 Å². The Hall–Kier alpha value is -5.02. The zero-order valence-electron chi connectivity index (χ0n) is 46.3. The van der Waals surface area contributed by atoms with Crippen molar-refractivity contribution >= 4 is 0 Å². The highest BCUT2D eigenvalue weighted by atomic mass is 35.5. The summed E-state index contributed by atoms with van der Waals surface area (Å²) in [6.07, 6.45) is 6.42. The van der Waals surface area contributed by atoms with Crippen molar-refractivity contribution in [2.45, 2.75) is 89.9 Å². The first-order valence-electron chi connectivity index (χ1n) is 26.3. The second-order valence-electron chi connectivity index (χ2n) is 19.7. The molecule has 0 radical (unpaired) electrons. The SMILES string of the molecule is CC[N+]1(CC)CCC2(CC1)c1cc(OC)c(c(OC)c1)OCCCCOc1c(OC)cc(cc1OC)C1(CC[N+](CC)(CC)CC1)c1cc(OC)c(c(OC)c1)OCCCCOc1c(OC)cc2cc1OC.[Cl-].[Cl-]. The molecule has 0 saturated carbocycles. The van der Waals surface area contributed by atoms with E-state index < -0.39 is 10.8 Å². The van der Waals surface area contributed by atoms with Crippen LogP contribution in [-0.4, -0.2) is 145 Å². The van der Waals surface area contributed by atoms with Crippen LogP contribution < -0.4 is 81.7 Å². The maximum absolute atomic E-state index is 6.55. The maximum atomic E-state index is 6.55. The van der Waals surface area contributed by atoms with Gasteiger partial charge in [-0.3, -0.25) is 0 Å². The maximum Gasteiger partial charge on any atom is 0.203 e. The lowest BCUT2D eigenvalue weighted by Gasteiger charge is -2.48. The average molecular weight is 1070 g/mol. The van der Waals surface area contributed by atoms with Gasteiger partial charge in [0.15, 0.2) is 46.0 Å². The summed E-state index contributed by atoms with van der Waals surface area (Å²) in [4.78, 5) is 0. The van der Waals surface area contributed by atoms with Gasteiger partial charge in [-0.25, -0.2) is 0 Å². The van der Waals surface area contributed by atoms with Gasteiger partial charge in [0.25, 0.3) is 0 Å².